The molecule has 0 unspecified atom stereocenters. The van der Waals surface area contributed by atoms with Crippen LogP contribution in [0, 0.1) is 0 Å². The summed E-state index contributed by atoms with van der Waals surface area (Å²) in [5.41, 5.74) is 0. The minimum absolute atomic E-state index is 0. The first-order valence-electron chi connectivity index (χ1n) is 2.41. The molecular weight excluding hydrogens is 103 g/mol. The van der Waals surface area contributed by atoms with Gasteiger partial charge in [-0.1, -0.05) is 0 Å². The van der Waals surface area contributed by atoms with E-state index in [9.17, 15) is 0 Å². The van der Waals surface area contributed by atoms with E-state index in [4.69, 9.17) is 0 Å². The van der Waals surface area contributed by atoms with Crippen LogP contribution in [-0.2, 0) is 0 Å². The monoisotopic (exact) mass is 114 g/mol. The molecule has 0 heterocycles. The average molecular weight is 114 g/mol. The van der Waals surface area contributed by atoms with Gasteiger partial charge in [0.2, 0.25) is 0 Å². The number of hydrogen-bond donors (Lipinski definition) is 0. The van der Waals surface area contributed by atoms with Crippen LogP contribution in [0.1, 0.15) is 19.8 Å². The summed E-state index contributed by atoms with van der Waals surface area (Å²) >= 11 is 1.11. The summed E-state index contributed by atoms with van der Waals surface area (Å²) in [4.78, 5) is 0. The van der Waals surface area contributed by atoms with E-state index < -0.39 is 0 Å². The molecule has 0 atom stereocenters. The van der Waals surface area contributed by atoms with Crippen LogP contribution in [0.5, 0.6) is 0 Å². The molecule has 2 N–H and O–H groups in total. The number of hydrogen-bond acceptors (Lipinski definition) is 0. The van der Waals surface area contributed by atoms with Crippen molar-refractivity contribution in [3.63, 3.8) is 0 Å². The molecular formula is C4H11KO. The first-order chi connectivity index (χ1) is 2.41. The molecule has 0 saturated carbocycles. The van der Waals surface area contributed by atoms with Crippen LogP contribution in [0.25, 0.3) is 0 Å². The molecule has 2 heteroatoms. The molecule has 0 aliphatic rings. The van der Waals surface area contributed by atoms with Gasteiger partial charge in [-0.15, -0.1) is 0 Å². The summed E-state index contributed by atoms with van der Waals surface area (Å²) in [6.45, 7) is 2.24. The van der Waals surface area contributed by atoms with Gasteiger partial charge in [0.05, 0.1) is 0 Å². The van der Waals surface area contributed by atoms with Crippen molar-refractivity contribution >= 4 is 49.0 Å². The Bertz CT molecular complexity index is 15.0. The van der Waals surface area contributed by atoms with Crippen molar-refractivity contribution in [1.29, 1.82) is 0 Å². The van der Waals surface area contributed by atoms with Gasteiger partial charge in [-0.3, -0.25) is 0 Å². The normalized spacial score (nSPS) is 7.17. The predicted molar refractivity (Wildman–Crippen MR) is 29.1 cm³/mol. The van der Waals surface area contributed by atoms with E-state index in [1.54, 1.807) is 0 Å². The standard InChI is InChI=1S/C4H9.K.H2O/c1-3-4-2;;/h1,3-4H2,2H3;;1H2. The van der Waals surface area contributed by atoms with Crippen molar-refractivity contribution in [2.75, 3.05) is 0 Å². The fourth-order valence-corrected chi connectivity index (χ4v) is 1.46. The van der Waals surface area contributed by atoms with Gasteiger partial charge in [0.1, 0.15) is 0 Å². The van der Waals surface area contributed by atoms with Gasteiger partial charge < -0.3 is 5.48 Å². The van der Waals surface area contributed by atoms with Gasteiger partial charge in [0, 0.05) is 0 Å². The molecule has 0 aliphatic heterocycles. The van der Waals surface area contributed by atoms with Crippen molar-refractivity contribution in [1.82, 2.24) is 0 Å². The van der Waals surface area contributed by atoms with Crippen molar-refractivity contribution in [3.8, 4) is 0 Å². The smallest absolute Gasteiger partial charge is 0.412 e. The summed E-state index contributed by atoms with van der Waals surface area (Å²) < 4.78 is 1.53. The second-order valence-electron chi connectivity index (χ2n) is 1.35. The summed E-state index contributed by atoms with van der Waals surface area (Å²) in [6.07, 6.45) is 2.86. The Morgan fingerprint density at radius 1 is 1.50 bits per heavy atom. The molecule has 0 spiro atoms. The molecule has 0 bridgehead atoms. The third-order valence-electron chi connectivity index (χ3n) is 0.707. The van der Waals surface area contributed by atoms with Gasteiger partial charge in [-0.2, -0.15) is 0 Å². The van der Waals surface area contributed by atoms with Gasteiger partial charge in [-0.25, -0.2) is 0 Å². The molecule has 1 nitrogen and oxygen atoms in total. The van der Waals surface area contributed by atoms with E-state index in [1.807, 2.05) is 0 Å². The Balaban J connectivity index is 0. The van der Waals surface area contributed by atoms with E-state index >= 15 is 0 Å². The minimum atomic E-state index is 0. The van der Waals surface area contributed by atoms with Crippen molar-refractivity contribution in [2.24, 2.45) is 0 Å². The quantitative estimate of drug-likeness (QED) is 0.469. The Hall–Kier alpha value is 1.60. The SMILES string of the molecule is CCC[CH2][K].O. The number of rotatable bonds is 2. The van der Waals surface area contributed by atoms with Crippen LogP contribution in [0.15, 0.2) is 0 Å². The fraction of sp³-hybridized carbons (Fsp3) is 1.00. The molecule has 0 saturated heterocycles. The van der Waals surface area contributed by atoms with Gasteiger partial charge >= 0.3 is 69.2 Å². The maximum absolute atomic E-state index is 2.24. The average Bonchev–Trinajstić information content (AvgIpc) is 1.41. The van der Waals surface area contributed by atoms with Crippen LogP contribution in [-0.4, -0.2) is 54.4 Å². The molecule has 34 valence electrons. The maximum atomic E-state index is 2.24. The Kier molecular flexibility index (Phi) is 17.2. The van der Waals surface area contributed by atoms with E-state index in [0.29, 0.717) is 0 Å². The van der Waals surface area contributed by atoms with Crippen molar-refractivity contribution in [2.45, 2.75) is 20.3 Å². The summed E-state index contributed by atoms with van der Waals surface area (Å²) in [5, 5.41) is 0. The zero-order chi connectivity index (χ0) is 4.12. The molecule has 0 aromatic carbocycles. The largest absolute Gasteiger partial charge is 0.412 e. The Morgan fingerprint density at radius 3 is 2.00 bits per heavy atom. The Morgan fingerprint density at radius 2 is 2.00 bits per heavy atom. The topological polar surface area (TPSA) is 31.5 Å². The Labute approximate surface area is 73.4 Å². The first-order valence-corrected chi connectivity index (χ1v) is 4.62. The zero-order valence-electron chi connectivity index (χ0n) is 4.62. The molecule has 0 radical (unpaired) electrons. The van der Waals surface area contributed by atoms with Crippen LogP contribution < -0.4 is 0 Å². The predicted octanol–water partition coefficient (Wildman–Crippen LogP) is 0.549. The zero-order valence-corrected chi connectivity index (χ0v) is 7.74. The molecule has 0 aromatic heterocycles. The summed E-state index contributed by atoms with van der Waals surface area (Å²) in [5.74, 6) is 0. The maximum Gasteiger partial charge on any atom is -0.412 e. The van der Waals surface area contributed by atoms with Crippen LogP contribution in [0.3, 0.4) is 0 Å². The van der Waals surface area contributed by atoms with Crippen LogP contribution >= 0.6 is 0 Å². The minimum Gasteiger partial charge on any atom is -0.412 e. The summed E-state index contributed by atoms with van der Waals surface area (Å²) in [6, 6.07) is 0. The third kappa shape index (κ3) is 9.14. The number of unbranched alkanes of at least 4 members (excludes halogenated alkanes) is 1. The molecule has 0 aliphatic carbocycles. The van der Waals surface area contributed by atoms with E-state index in [2.05, 4.69) is 6.92 Å². The van der Waals surface area contributed by atoms with E-state index in [0.717, 1.165) is 49.0 Å². The van der Waals surface area contributed by atoms with Crippen molar-refractivity contribution < 1.29 is 5.48 Å². The van der Waals surface area contributed by atoms with E-state index in [-0.39, 0.29) is 5.48 Å². The molecule has 0 aromatic rings. The fourth-order valence-electron chi connectivity index (χ4n) is 0.354. The summed E-state index contributed by atoms with van der Waals surface area (Å²) in [7, 11) is 0. The molecule has 0 fully saturated rings. The van der Waals surface area contributed by atoms with Crippen LogP contribution in [0.2, 0.25) is 0.515 Å². The van der Waals surface area contributed by atoms with Crippen molar-refractivity contribution in [3.05, 3.63) is 0 Å². The third-order valence-corrected chi connectivity index (χ3v) is 1.81. The van der Waals surface area contributed by atoms with Gasteiger partial charge in [0.25, 0.3) is 0 Å². The molecule has 0 amide bonds. The van der Waals surface area contributed by atoms with Gasteiger partial charge in [0.15, 0.2) is 0 Å². The second-order valence-corrected chi connectivity index (χ2v) is 2.92. The van der Waals surface area contributed by atoms with Crippen LogP contribution in [0.4, 0.5) is 0 Å². The molecule has 6 heavy (non-hydrogen) atoms. The van der Waals surface area contributed by atoms with Gasteiger partial charge in [-0.05, 0) is 0 Å². The molecule has 0 rings (SSSR count). The first kappa shape index (κ1) is 10.6. The second kappa shape index (κ2) is 9.78. The van der Waals surface area contributed by atoms with E-state index in [1.165, 1.54) is 13.4 Å².